The minimum Gasteiger partial charge on any atom is -0.384 e. The number of nitrogens with zero attached hydrogens (tertiary/aromatic N) is 3. The van der Waals surface area contributed by atoms with E-state index in [1.165, 1.54) is 31.4 Å². The van der Waals surface area contributed by atoms with Gasteiger partial charge in [-0.3, -0.25) is 10.1 Å². The molecule has 0 atom stereocenters. The fraction of sp³-hybridized carbons (Fsp3) is 0.583. The van der Waals surface area contributed by atoms with Crippen LogP contribution in [0.3, 0.4) is 0 Å². The van der Waals surface area contributed by atoms with Gasteiger partial charge >= 0.3 is 5.69 Å². The van der Waals surface area contributed by atoms with Crippen LogP contribution in [-0.2, 0) is 0 Å². The molecule has 98 valence electrons. The summed E-state index contributed by atoms with van der Waals surface area (Å²) >= 11 is 0. The molecule has 2 heterocycles. The second-order valence-corrected chi connectivity index (χ2v) is 4.59. The summed E-state index contributed by atoms with van der Waals surface area (Å²) in [6.07, 6.45) is 5.70. The van der Waals surface area contributed by atoms with Crippen LogP contribution in [0.25, 0.3) is 0 Å². The Labute approximate surface area is 106 Å². The summed E-state index contributed by atoms with van der Waals surface area (Å²) in [7, 11) is 0. The van der Waals surface area contributed by atoms with Crippen molar-refractivity contribution < 1.29 is 4.92 Å². The van der Waals surface area contributed by atoms with E-state index < -0.39 is 0 Å². The molecule has 1 saturated heterocycles. The van der Waals surface area contributed by atoms with E-state index in [0.29, 0.717) is 11.6 Å². The molecule has 1 fully saturated rings. The molecule has 0 spiro atoms. The minimum atomic E-state index is -0.388. The van der Waals surface area contributed by atoms with Crippen LogP contribution in [0, 0.1) is 10.1 Å². The topological polar surface area (TPSA) is 85.3 Å². The van der Waals surface area contributed by atoms with Gasteiger partial charge in [-0.2, -0.15) is 0 Å². The summed E-state index contributed by atoms with van der Waals surface area (Å²) < 4.78 is 0. The molecule has 2 N–H and O–H groups in total. The first kappa shape index (κ1) is 12.6. The molecule has 18 heavy (non-hydrogen) atoms. The van der Waals surface area contributed by atoms with Crippen molar-refractivity contribution in [2.24, 2.45) is 0 Å². The van der Waals surface area contributed by atoms with Crippen molar-refractivity contribution in [2.75, 3.05) is 23.7 Å². The van der Waals surface area contributed by atoms with Gasteiger partial charge in [0, 0.05) is 19.2 Å². The quantitative estimate of drug-likeness (QED) is 0.643. The highest BCUT2D eigenvalue weighted by Crippen LogP contribution is 2.28. The third-order valence-electron chi connectivity index (χ3n) is 3.23. The van der Waals surface area contributed by atoms with Crippen LogP contribution in [0.2, 0.25) is 0 Å². The van der Waals surface area contributed by atoms with Gasteiger partial charge in [-0.15, -0.1) is 0 Å². The highest BCUT2D eigenvalue weighted by atomic mass is 16.6. The average Bonchev–Trinajstić information content (AvgIpc) is 2.27. The monoisotopic (exact) mass is 250 g/mol. The molecule has 2 rings (SSSR count). The summed E-state index contributed by atoms with van der Waals surface area (Å²) in [6, 6.07) is 2.92. The Hall–Kier alpha value is -1.85. The molecule has 0 saturated carbocycles. The van der Waals surface area contributed by atoms with Gasteiger partial charge < -0.3 is 10.6 Å². The fourth-order valence-electron chi connectivity index (χ4n) is 2.29. The van der Waals surface area contributed by atoms with E-state index in [1.54, 1.807) is 0 Å². The fourth-order valence-corrected chi connectivity index (χ4v) is 2.29. The Morgan fingerprint density at radius 2 is 1.78 bits per heavy atom. The zero-order chi connectivity index (χ0) is 13.0. The summed E-state index contributed by atoms with van der Waals surface area (Å²) in [4.78, 5) is 16.8. The van der Waals surface area contributed by atoms with E-state index >= 15 is 0 Å². The summed E-state index contributed by atoms with van der Waals surface area (Å²) in [5.74, 6) is 0.750. The molecule has 0 amide bonds. The molecule has 1 aliphatic heterocycles. The number of nitrogens with two attached hydrogens (primary N) is 1. The molecule has 0 bridgehead atoms. The first-order valence-corrected chi connectivity index (χ1v) is 6.34. The predicted molar refractivity (Wildman–Crippen MR) is 70.6 cm³/mol. The van der Waals surface area contributed by atoms with Crippen LogP contribution in [0.4, 0.5) is 17.3 Å². The number of pyridine rings is 1. The van der Waals surface area contributed by atoms with Crippen molar-refractivity contribution in [3.8, 4) is 0 Å². The van der Waals surface area contributed by atoms with Crippen molar-refractivity contribution in [3.63, 3.8) is 0 Å². The van der Waals surface area contributed by atoms with Crippen molar-refractivity contribution >= 4 is 17.3 Å². The number of hydrogen-bond donors (Lipinski definition) is 1. The number of rotatable bonds is 2. The van der Waals surface area contributed by atoms with Crippen LogP contribution in [-0.4, -0.2) is 23.0 Å². The van der Waals surface area contributed by atoms with Gasteiger partial charge in [0.15, 0.2) is 0 Å². The maximum atomic E-state index is 11.0. The zero-order valence-electron chi connectivity index (χ0n) is 10.3. The van der Waals surface area contributed by atoms with E-state index in [0.717, 1.165) is 25.9 Å². The van der Waals surface area contributed by atoms with Gasteiger partial charge in [-0.05, 0) is 18.9 Å². The standard InChI is InChI=1S/C12H18N4O2/c13-11-7-6-10(16(17)18)12(14-11)15-8-4-2-1-3-5-9-15/h6-7H,1-5,8-9H2,(H2,13,14). The molecule has 1 aliphatic rings. The normalized spacial score (nSPS) is 17.0. The van der Waals surface area contributed by atoms with Crippen molar-refractivity contribution in [2.45, 2.75) is 32.1 Å². The van der Waals surface area contributed by atoms with Crippen molar-refractivity contribution in [3.05, 3.63) is 22.2 Å². The van der Waals surface area contributed by atoms with Crippen LogP contribution in [0.15, 0.2) is 12.1 Å². The third kappa shape index (κ3) is 2.88. The van der Waals surface area contributed by atoms with E-state index in [-0.39, 0.29) is 10.6 Å². The van der Waals surface area contributed by atoms with E-state index in [2.05, 4.69) is 4.98 Å². The first-order valence-electron chi connectivity index (χ1n) is 6.34. The maximum absolute atomic E-state index is 11.0. The smallest absolute Gasteiger partial charge is 0.311 e. The Morgan fingerprint density at radius 3 is 2.39 bits per heavy atom. The van der Waals surface area contributed by atoms with Gasteiger partial charge in [-0.25, -0.2) is 4.98 Å². The van der Waals surface area contributed by atoms with Crippen LogP contribution in [0.5, 0.6) is 0 Å². The van der Waals surface area contributed by atoms with E-state index in [9.17, 15) is 10.1 Å². The van der Waals surface area contributed by atoms with Crippen molar-refractivity contribution in [1.29, 1.82) is 0 Å². The lowest BCUT2D eigenvalue weighted by atomic mass is 10.1. The molecular formula is C12H18N4O2. The molecule has 1 aromatic rings. The van der Waals surface area contributed by atoms with Crippen LogP contribution < -0.4 is 10.6 Å². The SMILES string of the molecule is Nc1ccc([N+](=O)[O-])c(N2CCCCCCC2)n1. The molecule has 0 unspecified atom stereocenters. The first-order chi connectivity index (χ1) is 8.68. The third-order valence-corrected chi connectivity index (χ3v) is 3.23. The lowest BCUT2D eigenvalue weighted by Gasteiger charge is -2.25. The second-order valence-electron chi connectivity index (χ2n) is 4.59. The molecule has 0 radical (unpaired) electrons. The number of aromatic nitrogens is 1. The number of anilines is 2. The van der Waals surface area contributed by atoms with Crippen molar-refractivity contribution in [1.82, 2.24) is 4.98 Å². The van der Waals surface area contributed by atoms with E-state index in [1.807, 2.05) is 4.90 Å². The van der Waals surface area contributed by atoms with Crippen LogP contribution >= 0.6 is 0 Å². The molecule has 6 heteroatoms. The Bertz CT molecular complexity index is 428. The average molecular weight is 250 g/mol. The van der Waals surface area contributed by atoms with Gasteiger partial charge in [0.1, 0.15) is 5.82 Å². The highest BCUT2D eigenvalue weighted by Gasteiger charge is 2.21. The zero-order valence-corrected chi connectivity index (χ0v) is 10.3. The lowest BCUT2D eigenvalue weighted by Crippen LogP contribution is -2.28. The largest absolute Gasteiger partial charge is 0.384 e. The summed E-state index contributed by atoms with van der Waals surface area (Å²) in [6.45, 7) is 1.63. The minimum absolute atomic E-state index is 0.0461. The molecule has 1 aromatic heterocycles. The highest BCUT2D eigenvalue weighted by molar-refractivity contribution is 5.61. The Balaban J connectivity index is 2.28. The van der Waals surface area contributed by atoms with Gasteiger partial charge in [0.25, 0.3) is 0 Å². The molecular weight excluding hydrogens is 232 g/mol. The molecule has 0 aromatic carbocycles. The van der Waals surface area contributed by atoms with Crippen LogP contribution in [0.1, 0.15) is 32.1 Å². The second kappa shape index (κ2) is 5.66. The predicted octanol–water partition coefficient (Wildman–Crippen LogP) is 2.34. The number of hydrogen-bond acceptors (Lipinski definition) is 5. The van der Waals surface area contributed by atoms with Gasteiger partial charge in [0.05, 0.1) is 4.92 Å². The summed E-state index contributed by atoms with van der Waals surface area (Å²) in [5.41, 5.74) is 5.69. The lowest BCUT2D eigenvalue weighted by molar-refractivity contribution is -0.384. The molecule has 0 aliphatic carbocycles. The Kier molecular flexibility index (Phi) is 3.96. The number of nitro groups is 1. The number of nitrogen functional groups attached to an aromatic ring is 1. The Morgan fingerprint density at radius 1 is 1.17 bits per heavy atom. The van der Waals surface area contributed by atoms with Gasteiger partial charge in [-0.1, -0.05) is 19.3 Å². The van der Waals surface area contributed by atoms with E-state index in [4.69, 9.17) is 5.73 Å². The molecule has 6 nitrogen and oxygen atoms in total. The maximum Gasteiger partial charge on any atom is 0.311 e. The van der Waals surface area contributed by atoms with Gasteiger partial charge in [0.2, 0.25) is 5.82 Å². The summed E-state index contributed by atoms with van der Waals surface area (Å²) in [5, 5.41) is 11.0.